The van der Waals surface area contributed by atoms with Gasteiger partial charge in [0.25, 0.3) is 0 Å². The molecule has 2 fully saturated rings. The normalized spacial score (nSPS) is 25.3. The maximum atomic E-state index is 14.6. The number of benzene rings is 1. The van der Waals surface area contributed by atoms with Crippen LogP contribution in [0.5, 0.6) is 0 Å². The number of nitrogens with zero attached hydrogens (tertiary/aromatic N) is 3. The summed E-state index contributed by atoms with van der Waals surface area (Å²) < 4.78 is 62.2. The Morgan fingerprint density at radius 2 is 1.89 bits per heavy atom. The summed E-state index contributed by atoms with van der Waals surface area (Å²) in [4.78, 5) is 33.6. The van der Waals surface area contributed by atoms with Crippen LogP contribution in [0.15, 0.2) is 40.0 Å². The summed E-state index contributed by atoms with van der Waals surface area (Å²) in [6.07, 6.45) is 4.25. The second kappa shape index (κ2) is 12.8. The molecule has 15 heteroatoms. The second-order valence-corrected chi connectivity index (χ2v) is 15.0. The lowest BCUT2D eigenvalue weighted by atomic mass is 9.73. The van der Waals surface area contributed by atoms with Gasteiger partial charge >= 0.3 is 11.9 Å². The third-order valence-electron chi connectivity index (χ3n) is 8.80. The molecular formula is C29H33ClF2N4O6S2. The van der Waals surface area contributed by atoms with E-state index in [4.69, 9.17) is 16.3 Å². The molecule has 10 nitrogen and oxygen atoms in total. The third-order valence-corrected chi connectivity index (χ3v) is 12.2. The average molecular weight is 671 g/mol. The molecule has 3 aliphatic rings. The molecule has 238 valence electrons. The fraction of sp³-hybridized carbons (Fsp3) is 0.517. The number of halogens is 3. The Balaban J connectivity index is 1.42. The van der Waals surface area contributed by atoms with Gasteiger partial charge in [0.1, 0.15) is 6.04 Å². The smallest absolute Gasteiger partial charge is 0.338 e. The fourth-order valence-electron chi connectivity index (χ4n) is 6.31. The molecule has 1 saturated heterocycles. The number of hydrogen-bond donors (Lipinski definition) is 2. The van der Waals surface area contributed by atoms with Gasteiger partial charge in [-0.2, -0.15) is 0 Å². The minimum Gasteiger partial charge on any atom is -0.481 e. The standard InChI is InChI=1S/C29H33ClF2N4O6S2/c1-29(9-5-17(6-10-29)27(37)38)15-44(40,41)36-12-7-16(8-13-36)23-20(28(39)42-2)24(18-3-4-19(31)22(32)21(18)30)35-25(34-23)26-33-11-14-43-26/h3-4,11,14,16-17,24H,5-10,12-13,15H2,1-2H3,(H,34,35)(H,37,38)/t17-,24?,29+. The molecular weight excluding hydrogens is 638 g/mol. The largest absolute Gasteiger partial charge is 0.481 e. The average Bonchev–Trinajstić information content (AvgIpc) is 3.54. The van der Waals surface area contributed by atoms with Crippen LogP contribution >= 0.6 is 22.9 Å². The molecule has 3 heterocycles. The van der Waals surface area contributed by atoms with E-state index < -0.39 is 56.0 Å². The molecule has 2 aliphatic heterocycles. The van der Waals surface area contributed by atoms with E-state index in [2.05, 4.69) is 15.3 Å². The van der Waals surface area contributed by atoms with Crippen LogP contribution in [0, 0.1) is 28.9 Å². The highest BCUT2D eigenvalue weighted by atomic mass is 35.5. The Bertz CT molecular complexity index is 1600. The number of nitrogens with one attached hydrogen (secondary N) is 1. The summed E-state index contributed by atoms with van der Waals surface area (Å²) in [6, 6.07) is 1.06. The SMILES string of the molecule is COC(=O)C1=C(C2CCN(S(=O)(=O)C[C@]3(C)CC[C@H](C(=O)O)CC3)CC2)NC(c2nccs2)=NC1c1ccc(F)c(F)c1Cl. The number of allylic oxidation sites excluding steroid dienone is 1. The van der Waals surface area contributed by atoms with Crippen LogP contribution in [0.4, 0.5) is 8.78 Å². The van der Waals surface area contributed by atoms with Crippen molar-refractivity contribution in [2.75, 3.05) is 26.0 Å². The molecule has 2 aromatic rings. The van der Waals surface area contributed by atoms with Crippen molar-refractivity contribution >= 4 is 50.7 Å². The molecule has 1 atom stereocenters. The van der Waals surface area contributed by atoms with Crippen molar-refractivity contribution in [1.82, 2.24) is 14.6 Å². The Morgan fingerprint density at radius 1 is 1.20 bits per heavy atom. The molecule has 0 bridgehead atoms. The summed E-state index contributed by atoms with van der Waals surface area (Å²) in [5.41, 5.74) is 0.0804. The van der Waals surface area contributed by atoms with Gasteiger partial charge in [-0.3, -0.25) is 9.79 Å². The number of methoxy groups -OCH3 is 1. The molecule has 1 aromatic carbocycles. The number of esters is 1. The van der Waals surface area contributed by atoms with Crippen molar-refractivity contribution in [3.63, 3.8) is 0 Å². The lowest BCUT2D eigenvalue weighted by Gasteiger charge is -2.39. The van der Waals surface area contributed by atoms with Crippen molar-refractivity contribution < 1.29 is 36.6 Å². The number of amidine groups is 1. The van der Waals surface area contributed by atoms with Gasteiger partial charge in [-0.15, -0.1) is 11.3 Å². The van der Waals surface area contributed by atoms with Crippen molar-refractivity contribution in [3.05, 3.63) is 62.2 Å². The summed E-state index contributed by atoms with van der Waals surface area (Å²) in [5, 5.41) is 14.3. The summed E-state index contributed by atoms with van der Waals surface area (Å²) in [7, 11) is -2.45. The second-order valence-electron chi connectivity index (χ2n) is 11.8. The summed E-state index contributed by atoms with van der Waals surface area (Å²) in [6.45, 7) is 2.29. The lowest BCUT2D eigenvalue weighted by Crippen LogP contribution is -2.46. The highest BCUT2D eigenvalue weighted by Crippen LogP contribution is 2.43. The number of thiazole rings is 1. The van der Waals surface area contributed by atoms with Gasteiger partial charge in [-0.05, 0) is 50.0 Å². The van der Waals surface area contributed by atoms with Crippen molar-refractivity contribution in [2.24, 2.45) is 22.2 Å². The number of hydrogen-bond acceptors (Lipinski definition) is 9. The van der Waals surface area contributed by atoms with Gasteiger partial charge in [0.2, 0.25) is 10.0 Å². The van der Waals surface area contributed by atoms with Gasteiger partial charge in [0.15, 0.2) is 22.5 Å². The van der Waals surface area contributed by atoms with E-state index in [1.165, 1.54) is 28.8 Å². The molecule has 0 spiro atoms. The van der Waals surface area contributed by atoms with Gasteiger partial charge in [0, 0.05) is 41.8 Å². The monoisotopic (exact) mass is 670 g/mol. The van der Waals surface area contributed by atoms with E-state index in [0.29, 0.717) is 55.1 Å². The van der Waals surface area contributed by atoms with Crippen LogP contribution in [0.3, 0.4) is 0 Å². The van der Waals surface area contributed by atoms with Gasteiger partial charge in [0.05, 0.1) is 29.4 Å². The molecule has 44 heavy (non-hydrogen) atoms. The minimum atomic E-state index is -3.65. The summed E-state index contributed by atoms with van der Waals surface area (Å²) >= 11 is 7.53. The predicted molar refractivity (Wildman–Crippen MR) is 161 cm³/mol. The molecule has 1 aromatic heterocycles. The van der Waals surface area contributed by atoms with E-state index in [-0.39, 0.29) is 35.9 Å². The molecule has 5 rings (SSSR count). The first-order valence-electron chi connectivity index (χ1n) is 14.2. The van der Waals surface area contributed by atoms with Crippen molar-refractivity contribution in [2.45, 2.75) is 51.5 Å². The zero-order valence-electron chi connectivity index (χ0n) is 24.2. The zero-order chi connectivity index (χ0) is 31.8. The minimum absolute atomic E-state index is 0.0665. The Hall–Kier alpha value is -2.94. The number of aliphatic imine (C=N–C) groups is 1. The van der Waals surface area contributed by atoms with Crippen molar-refractivity contribution in [1.29, 1.82) is 0 Å². The molecule has 1 saturated carbocycles. The van der Waals surface area contributed by atoms with Crippen LogP contribution in [0.25, 0.3) is 0 Å². The number of rotatable bonds is 8. The van der Waals surface area contributed by atoms with E-state index in [1.807, 2.05) is 6.92 Å². The third kappa shape index (κ3) is 6.53. The highest BCUT2D eigenvalue weighted by molar-refractivity contribution is 7.89. The number of aromatic nitrogens is 1. The van der Waals surface area contributed by atoms with E-state index >= 15 is 0 Å². The van der Waals surface area contributed by atoms with Gasteiger partial charge in [-0.1, -0.05) is 24.6 Å². The Morgan fingerprint density at radius 3 is 2.48 bits per heavy atom. The quantitative estimate of drug-likeness (QED) is 0.298. The number of aliphatic carboxylic acids is 1. The topological polar surface area (TPSA) is 138 Å². The fourth-order valence-corrected chi connectivity index (χ4v) is 9.27. The van der Waals surface area contributed by atoms with Crippen LogP contribution in [0.1, 0.15) is 62.1 Å². The molecule has 0 amide bonds. The Kier molecular flexibility index (Phi) is 9.45. The van der Waals surface area contributed by atoms with Crippen LogP contribution in [-0.4, -0.2) is 66.5 Å². The van der Waals surface area contributed by atoms with E-state index in [1.54, 1.807) is 11.6 Å². The van der Waals surface area contributed by atoms with Gasteiger partial charge in [-0.25, -0.2) is 31.3 Å². The first-order valence-corrected chi connectivity index (χ1v) is 17.1. The van der Waals surface area contributed by atoms with Crippen LogP contribution < -0.4 is 5.32 Å². The summed E-state index contributed by atoms with van der Waals surface area (Å²) in [5.74, 6) is -4.50. The molecule has 1 unspecified atom stereocenters. The number of carboxylic acids is 1. The first kappa shape index (κ1) is 32.5. The first-order chi connectivity index (χ1) is 20.8. The van der Waals surface area contributed by atoms with Crippen LogP contribution in [-0.2, 0) is 24.3 Å². The number of carbonyl (C=O) groups is 2. The molecule has 2 N–H and O–H groups in total. The highest BCUT2D eigenvalue weighted by Gasteiger charge is 2.42. The number of piperidine rings is 1. The number of sulfonamides is 1. The number of carbonyl (C=O) groups excluding carboxylic acids is 1. The van der Waals surface area contributed by atoms with Gasteiger partial charge < -0.3 is 15.2 Å². The van der Waals surface area contributed by atoms with Crippen molar-refractivity contribution in [3.8, 4) is 0 Å². The number of ether oxygens (including phenoxy) is 1. The molecule has 1 aliphatic carbocycles. The van der Waals surface area contributed by atoms with Crippen LogP contribution in [0.2, 0.25) is 5.02 Å². The molecule has 0 radical (unpaired) electrons. The van der Waals surface area contributed by atoms with E-state index in [0.717, 1.165) is 6.07 Å². The lowest BCUT2D eigenvalue weighted by molar-refractivity contribution is -0.143. The predicted octanol–water partition coefficient (Wildman–Crippen LogP) is 4.92. The Labute approximate surface area is 263 Å². The maximum absolute atomic E-state index is 14.6. The maximum Gasteiger partial charge on any atom is 0.338 e. The number of carboxylic acid groups (broad SMARTS) is 1. The van der Waals surface area contributed by atoms with E-state index in [9.17, 15) is 31.9 Å². The zero-order valence-corrected chi connectivity index (χ0v) is 26.6.